The molecule has 0 atom stereocenters. The second-order valence-corrected chi connectivity index (χ2v) is 7.24. The molecule has 1 aromatic rings. The summed E-state index contributed by atoms with van der Waals surface area (Å²) in [6.07, 6.45) is 0.401. The van der Waals surface area contributed by atoms with Crippen molar-refractivity contribution in [2.75, 3.05) is 39.9 Å². The van der Waals surface area contributed by atoms with Crippen molar-refractivity contribution in [3.8, 4) is 0 Å². The molecule has 1 aliphatic heterocycles. The number of ether oxygens (including phenoxy) is 1. The lowest BCUT2D eigenvalue weighted by atomic mass is 9.86. The molecule has 1 heterocycles. The van der Waals surface area contributed by atoms with Gasteiger partial charge in [-0.05, 0) is 23.1 Å². The maximum Gasteiger partial charge on any atom is 0.253 e. The van der Waals surface area contributed by atoms with Crippen LogP contribution in [0, 0.1) is 0 Å². The Labute approximate surface area is 144 Å². The molecule has 1 saturated heterocycles. The number of methoxy groups -OCH3 is 1. The number of hydrogen-bond donors (Lipinski definition) is 0. The minimum absolute atomic E-state index is 0.0412. The lowest BCUT2D eigenvalue weighted by Gasteiger charge is -2.35. The minimum atomic E-state index is 0.0412. The number of carbonyl (C=O) groups is 2. The number of amides is 2. The number of benzene rings is 1. The van der Waals surface area contributed by atoms with Crippen LogP contribution in [0.3, 0.4) is 0 Å². The normalized spacial score (nSPS) is 15.5. The monoisotopic (exact) mass is 332 g/mol. The van der Waals surface area contributed by atoms with Crippen LogP contribution >= 0.6 is 0 Å². The van der Waals surface area contributed by atoms with E-state index in [0.717, 1.165) is 0 Å². The zero-order valence-electron chi connectivity index (χ0n) is 15.2. The van der Waals surface area contributed by atoms with Crippen molar-refractivity contribution in [2.45, 2.75) is 32.6 Å². The van der Waals surface area contributed by atoms with Crippen LogP contribution in [-0.2, 0) is 14.9 Å². The van der Waals surface area contributed by atoms with E-state index in [1.165, 1.54) is 5.56 Å². The predicted molar refractivity (Wildman–Crippen MR) is 94.1 cm³/mol. The van der Waals surface area contributed by atoms with E-state index in [0.29, 0.717) is 44.8 Å². The van der Waals surface area contributed by atoms with Gasteiger partial charge >= 0.3 is 0 Å². The Morgan fingerprint density at radius 1 is 1.00 bits per heavy atom. The molecule has 24 heavy (non-hydrogen) atoms. The third-order valence-corrected chi connectivity index (χ3v) is 4.44. The molecule has 1 fully saturated rings. The second-order valence-electron chi connectivity index (χ2n) is 7.24. The van der Waals surface area contributed by atoms with Crippen LogP contribution in [0.4, 0.5) is 0 Å². The Morgan fingerprint density at radius 3 is 2.04 bits per heavy atom. The van der Waals surface area contributed by atoms with E-state index in [1.807, 2.05) is 34.1 Å². The van der Waals surface area contributed by atoms with Gasteiger partial charge in [-0.15, -0.1) is 0 Å². The first-order valence-electron chi connectivity index (χ1n) is 8.49. The molecule has 1 aromatic carbocycles. The van der Waals surface area contributed by atoms with Crippen LogP contribution in [0.1, 0.15) is 43.1 Å². The van der Waals surface area contributed by atoms with E-state index < -0.39 is 0 Å². The van der Waals surface area contributed by atoms with Gasteiger partial charge in [0.2, 0.25) is 5.91 Å². The summed E-state index contributed by atoms with van der Waals surface area (Å²) in [6, 6.07) is 7.85. The summed E-state index contributed by atoms with van der Waals surface area (Å²) in [4.78, 5) is 28.2. The molecule has 132 valence electrons. The number of rotatable bonds is 4. The highest BCUT2D eigenvalue weighted by Crippen LogP contribution is 2.22. The fraction of sp³-hybridized carbons (Fsp3) is 0.579. The van der Waals surface area contributed by atoms with E-state index in [-0.39, 0.29) is 17.2 Å². The number of piperazine rings is 1. The fourth-order valence-corrected chi connectivity index (χ4v) is 2.80. The van der Waals surface area contributed by atoms with Crippen LogP contribution in [0.15, 0.2) is 24.3 Å². The highest BCUT2D eigenvalue weighted by atomic mass is 16.5. The molecule has 0 N–H and O–H groups in total. The third kappa shape index (κ3) is 4.57. The summed E-state index contributed by atoms with van der Waals surface area (Å²) in [5.41, 5.74) is 2.00. The van der Waals surface area contributed by atoms with E-state index in [1.54, 1.807) is 7.11 Å². The summed E-state index contributed by atoms with van der Waals surface area (Å²) >= 11 is 0. The maximum atomic E-state index is 12.6. The molecule has 2 amide bonds. The molecule has 0 saturated carbocycles. The van der Waals surface area contributed by atoms with E-state index in [2.05, 4.69) is 20.8 Å². The molecule has 5 heteroatoms. The molecule has 0 radical (unpaired) electrons. The van der Waals surface area contributed by atoms with Gasteiger partial charge in [-0.3, -0.25) is 9.59 Å². The van der Waals surface area contributed by atoms with Crippen LogP contribution in [-0.4, -0.2) is 61.5 Å². The molecule has 0 spiro atoms. The first kappa shape index (κ1) is 18.5. The molecule has 0 aromatic heterocycles. The summed E-state index contributed by atoms with van der Waals surface area (Å²) in [6.45, 7) is 9.26. The minimum Gasteiger partial charge on any atom is -0.384 e. The van der Waals surface area contributed by atoms with Crippen molar-refractivity contribution in [1.82, 2.24) is 9.80 Å². The van der Waals surface area contributed by atoms with Gasteiger partial charge in [0.05, 0.1) is 13.0 Å². The highest BCUT2D eigenvalue weighted by Gasteiger charge is 2.25. The van der Waals surface area contributed by atoms with Crippen LogP contribution < -0.4 is 0 Å². The second kappa shape index (κ2) is 7.79. The average molecular weight is 332 g/mol. The highest BCUT2D eigenvalue weighted by molar-refractivity contribution is 5.94. The van der Waals surface area contributed by atoms with Gasteiger partial charge in [0.1, 0.15) is 0 Å². The standard InChI is InChI=1S/C19H28N2O3/c1-19(2,3)16-7-5-15(6-8-16)18(23)21-12-10-20(11-13-21)17(22)9-14-24-4/h5-8H,9-14H2,1-4H3. The van der Waals surface area contributed by atoms with Crippen LogP contribution in [0.2, 0.25) is 0 Å². The summed E-state index contributed by atoms with van der Waals surface area (Å²) in [7, 11) is 1.59. The average Bonchev–Trinajstić information content (AvgIpc) is 2.58. The Hall–Kier alpha value is -1.88. The van der Waals surface area contributed by atoms with Gasteiger partial charge in [-0.1, -0.05) is 32.9 Å². The molecule has 0 aliphatic carbocycles. The largest absolute Gasteiger partial charge is 0.384 e. The van der Waals surface area contributed by atoms with Gasteiger partial charge in [0.15, 0.2) is 0 Å². The summed E-state index contributed by atoms with van der Waals surface area (Å²) in [5.74, 6) is 0.137. The van der Waals surface area contributed by atoms with Crippen molar-refractivity contribution >= 4 is 11.8 Å². The van der Waals surface area contributed by atoms with Crippen LogP contribution in [0.25, 0.3) is 0 Å². The van der Waals surface area contributed by atoms with Gasteiger partial charge in [0, 0.05) is 38.9 Å². The zero-order chi connectivity index (χ0) is 17.7. The Bertz CT molecular complexity index is 567. The number of nitrogens with zero attached hydrogens (tertiary/aromatic N) is 2. The topological polar surface area (TPSA) is 49.9 Å². The Balaban J connectivity index is 1.92. The Morgan fingerprint density at radius 2 is 1.54 bits per heavy atom. The SMILES string of the molecule is COCCC(=O)N1CCN(C(=O)c2ccc(C(C)(C)C)cc2)CC1. The molecular formula is C19H28N2O3. The fourth-order valence-electron chi connectivity index (χ4n) is 2.80. The van der Waals surface area contributed by atoms with Crippen molar-refractivity contribution in [1.29, 1.82) is 0 Å². The van der Waals surface area contributed by atoms with Crippen molar-refractivity contribution in [2.24, 2.45) is 0 Å². The van der Waals surface area contributed by atoms with E-state index in [9.17, 15) is 9.59 Å². The smallest absolute Gasteiger partial charge is 0.253 e. The molecule has 0 unspecified atom stereocenters. The van der Waals surface area contributed by atoms with Crippen molar-refractivity contribution in [3.63, 3.8) is 0 Å². The molecule has 5 nitrogen and oxygen atoms in total. The Kier molecular flexibility index (Phi) is 5.99. The molecule has 1 aliphatic rings. The first-order chi connectivity index (χ1) is 11.3. The molecule has 0 bridgehead atoms. The number of carbonyl (C=O) groups excluding carboxylic acids is 2. The summed E-state index contributed by atoms with van der Waals surface area (Å²) < 4.78 is 4.94. The summed E-state index contributed by atoms with van der Waals surface area (Å²) in [5, 5.41) is 0. The maximum absolute atomic E-state index is 12.6. The van der Waals surface area contributed by atoms with Gasteiger partial charge < -0.3 is 14.5 Å². The zero-order valence-corrected chi connectivity index (χ0v) is 15.2. The van der Waals surface area contributed by atoms with E-state index in [4.69, 9.17) is 4.74 Å². The molecular weight excluding hydrogens is 304 g/mol. The number of hydrogen-bond acceptors (Lipinski definition) is 3. The van der Waals surface area contributed by atoms with E-state index >= 15 is 0 Å². The molecule has 2 rings (SSSR count). The van der Waals surface area contributed by atoms with Gasteiger partial charge in [-0.2, -0.15) is 0 Å². The van der Waals surface area contributed by atoms with Gasteiger partial charge in [-0.25, -0.2) is 0 Å². The lowest BCUT2D eigenvalue weighted by Crippen LogP contribution is -2.50. The van der Waals surface area contributed by atoms with Crippen molar-refractivity contribution in [3.05, 3.63) is 35.4 Å². The van der Waals surface area contributed by atoms with Crippen molar-refractivity contribution < 1.29 is 14.3 Å². The first-order valence-corrected chi connectivity index (χ1v) is 8.49. The third-order valence-electron chi connectivity index (χ3n) is 4.44. The quantitative estimate of drug-likeness (QED) is 0.850. The predicted octanol–water partition coefficient (Wildman–Crippen LogP) is 2.30. The van der Waals surface area contributed by atoms with Gasteiger partial charge in [0.25, 0.3) is 5.91 Å². The lowest BCUT2D eigenvalue weighted by molar-refractivity contribution is -0.133. The van der Waals surface area contributed by atoms with Crippen LogP contribution in [0.5, 0.6) is 0 Å².